The van der Waals surface area contributed by atoms with Gasteiger partial charge in [-0.25, -0.2) is 4.68 Å². The highest BCUT2D eigenvalue weighted by atomic mass is 16.1. The molecule has 3 aliphatic rings. The summed E-state index contributed by atoms with van der Waals surface area (Å²) < 4.78 is 1.70. The Labute approximate surface area is 163 Å². The van der Waals surface area contributed by atoms with E-state index in [0.717, 1.165) is 63.8 Å². The van der Waals surface area contributed by atoms with Crippen LogP contribution in [0.15, 0.2) is 10.9 Å². The monoisotopic (exact) mass is 373 g/mol. The Hall–Kier alpha value is -1.24. The van der Waals surface area contributed by atoms with Gasteiger partial charge in [-0.05, 0) is 57.7 Å². The Bertz CT molecular complexity index is 680. The topological polar surface area (TPSA) is 44.6 Å². The maximum absolute atomic E-state index is 12.3. The second kappa shape index (κ2) is 8.84. The van der Waals surface area contributed by atoms with Gasteiger partial charge >= 0.3 is 0 Å². The molecule has 2 fully saturated rings. The van der Waals surface area contributed by atoms with Crippen LogP contribution in [0.1, 0.15) is 43.4 Å². The molecule has 0 aromatic carbocycles. The van der Waals surface area contributed by atoms with Crippen molar-refractivity contribution in [2.75, 3.05) is 52.9 Å². The van der Waals surface area contributed by atoms with Crippen LogP contribution in [0, 0.1) is 0 Å². The fourth-order valence-corrected chi connectivity index (χ4v) is 4.87. The molecule has 1 aromatic rings. The van der Waals surface area contributed by atoms with Gasteiger partial charge in [-0.1, -0.05) is 6.42 Å². The van der Waals surface area contributed by atoms with Crippen molar-refractivity contribution in [2.45, 2.75) is 57.5 Å². The van der Waals surface area contributed by atoms with E-state index in [9.17, 15) is 4.79 Å². The molecule has 6 heteroatoms. The van der Waals surface area contributed by atoms with Gasteiger partial charge in [0.25, 0.3) is 5.56 Å². The summed E-state index contributed by atoms with van der Waals surface area (Å²) in [6.07, 6.45) is 8.55. The molecule has 1 aliphatic carbocycles. The average Bonchev–Trinajstić information content (AvgIpc) is 2.69. The Kier molecular flexibility index (Phi) is 6.25. The third-order valence-electron chi connectivity index (χ3n) is 6.76. The van der Waals surface area contributed by atoms with E-state index in [4.69, 9.17) is 0 Å². The van der Waals surface area contributed by atoms with Gasteiger partial charge in [-0.3, -0.25) is 14.6 Å². The number of hydrogen-bond donors (Lipinski definition) is 0. The highest BCUT2D eigenvalue weighted by Crippen LogP contribution is 2.18. The maximum atomic E-state index is 12.3. The quantitative estimate of drug-likeness (QED) is 0.777. The molecule has 0 saturated carbocycles. The summed E-state index contributed by atoms with van der Waals surface area (Å²) in [5, 5.41) is 4.66. The third kappa shape index (κ3) is 4.79. The van der Waals surface area contributed by atoms with Crippen LogP contribution in [-0.4, -0.2) is 83.4 Å². The van der Waals surface area contributed by atoms with Crippen LogP contribution in [0.3, 0.4) is 0 Å². The van der Waals surface area contributed by atoms with Crippen molar-refractivity contribution in [3.8, 4) is 0 Å². The summed E-state index contributed by atoms with van der Waals surface area (Å²) in [7, 11) is 2.28. The van der Waals surface area contributed by atoms with E-state index in [0.29, 0.717) is 0 Å². The van der Waals surface area contributed by atoms with Crippen LogP contribution in [0.2, 0.25) is 0 Å². The molecule has 1 atom stereocenters. The van der Waals surface area contributed by atoms with E-state index in [1.54, 1.807) is 4.68 Å². The fourth-order valence-electron chi connectivity index (χ4n) is 4.87. The van der Waals surface area contributed by atoms with E-state index in [1.165, 1.54) is 50.8 Å². The molecule has 1 aromatic heterocycles. The molecule has 150 valence electrons. The number of aryl methyl sites for hydroxylation is 2. The molecule has 0 spiro atoms. The van der Waals surface area contributed by atoms with Crippen LogP contribution < -0.4 is 5.56 Å². The minimum absolute atomic E-state index is 0.0784. The molecule has 0 amide bonds. The van der Waals surface area contributed by atoms with Gasteiger partial charge in [0.2, 0.25) is 0 Å². The first kappa shape index (κ1) is 19.1. The Morgan fingerprint density at radius 1 is 0.963 bits per heavy atom. The Morgan fingerprint density at radius 2 is 1.74 bits per heavy atom. The predicted molar refractivity (Wildman–Crippen MR) is 108 cm³/mol. The molecule has 6 nitrogen and oxygen atoms in total. The molecule has 2 saturated heterocycles. The highest BCUT2D eigenvalue weighted by molar-refractivity contribution is 5.20. The van der Waals surface area contributed by atoms with Crippen molar-refractivity contribution in [1.82, 2.24) is 24.5 Å². The number of likely N-dealkylation sites (tertiary alicyclic amines) is 1. The first-order valence-corrected chi connectivity index (χ1v) is 10.9. The van der Waals surface area contributed by atoms with Gasteiger partial charge in [0, 0.05) is 51.4 Å². The first-order valence-electron chi connectivity index (χ1n) is 10.9. The van der Waals surface area contributed by atoms with Crippen molar-refractivity contribution < 1.29 is 0 Å². The zero-order chi connectivity index (χ0) is 18.6. The number of fused-ring (bicyclic) bond motifs is 1. The predicted octanol–water partition coefficient (Wildman–Crippen LogP) is 1.22. The number of aromatic nitrogens is 2. The summed E-state index contributed by atoms with van der Waals surface area (Å²) in [6, 6.07) is 2.57. The van der Waals surface area contributed by atoms with E-state index in [-0.39, 0.29) is 5.56 Å². The second-order valence-corrected chi connectivity index (χ2v) is 8.66. The molecular weight excluding hydrogens is 338 g/mol. The average molecular weight is 374 g/mol. The minimum atomic E-state index is 0.0784. The molecule has 0 radical (unpaired) electrons. The van der Waals surface area contributed by atoms with Crippen LogP contribution in [0.4, 0.5) is 0 Å². The molecule has 0 bridgehead atoms. The smallest absolute Gasteiger partial charge is 0.267 e. The highest BCUT2D eigenvalue weighted by Gasteiger charge is 2.24. The van der Waals surface area contributed by atoms with Crippen molar-refractivity contribution in [3.05, 3.63) is 27.7 Å². The number of rotatable bonds is 5. The zero-order valence-electron chi connectivity index (χ0n) is 16.9. The van der Waals surface area contributed by atoms with Crippen LogP contribution in [-0.2, 0) is 19.4 Å². The lowest BCUT2D eigenvalue weighted by atomic mass is 9.97. The Morgan fingerprint density at radius 3 is 2.56 bits per heavy atom. The van der Waals surface area contributed by atoms with E-state index in [1.807, 2.05) is 6.07 Å². The molecule has 2 aliphatic heterocycles. The summed E-state index contributed by atoms with van der Waals surface area (Å²) in [5.41, 5.74) is 2.42. The fraction of sp³-hybridized carbons (Fsp3) is 0.810. The normalized spacial score (nSPS) is 25.4. The lowest BCUT2D eigenvalue weighted by Gasteiger charge is -2.40. The van der Waals surface area contributed by atoms with Crippen molar-refractivity contribution in [3.63, 3.8) is 0 Å². The lowest BCUT2D eigenvalue weighted by molar-refractivity contribution is 0.0825. The van der Waals surface area contributed by atoms with Crippen LogP contribution in [0.25, 0.3) is 0 Å². The van der Waals surface area contributed by atoms with Gasteiger partial charge in [0.1, 0.15) is 0 Å². The van der Waals surface area contributed by atoms with Gasteiger partial charge in [0.15, 0.2) is 0 Å². The molecular formula is C21H35N5O. The molecule has 0 N–H and O–H groups in total. The third-order valence-corrected chi connectivity index (χ3v) is 6.76. The summed E-state index contributed by atoms with van der Waals surface area (Å²) in [5.74, 6) is 0. The number of hydrogen-bond acceptors (Lipinski definition) is 5. The number of piperidine rings is 1. The maximum Gasteiger partial charge on any atom is 0.267 e. The lowest BCUT2D eigenvalue weighted by Crippen LogP contribution is -2.52. The molecule has 3 heterocycles. The minimum Gasteiger partial charge on any atom is -0.302 e. The van der Waals surface area contributed by atoms with Gasteiger partial charge in [-0.2, -0.15) is 5.10 Å². The number of piperazine rings is 1. The standard InChI is InChI=1S/C21H35N5O/c1-23-9-5-4-7-19(23)17-25-12-10-24(11-13-25)14-15-26-21(27)16-18-6-2-3-8-20(18)22-26/h16,19H,2-15,17H2,1H3. The largest absolute Gasteiger partial charge is 0.302 e. The van der Waals surface area contributed by atoms with Crippen molar-refractivity contribution >= 4 is 0 Å². The van der Waals surface area contributed by atoms with Gasteiger partial charge in [-0.15, -0.1) is 0 Å². The molecule has 27 heavy (non-hydrogen) atoms. The zero-order valence-corrected chi connectivity index (χ0v) is 16.9. The van der Waals surface area contributed by atoms with Gasteiger partial charge < -0.3 is 4.90 Å². The summed E-state index contributed by atoms with van der Waals surface area (Å²) >= 11 is 0. The molecule has 4 rings (SSSR count). The van der Waals surface area contributed by atoms with Crippen molar-refractivity contribution in [1.29, 1.82) is 0 Å². The van der Waals surface area contributed by atoms with Crippen LogP contribution in [0.5, 0.6) is 0 Å². The Balaban J connectivity index is 1.24. The van der Waals surface area contributed by atoms with E-state index >= 15 is 0 Å². The van der Waals surface area contributed by atoms with Crippen molar-refractivity contribution in [2.24, 2.45) is 0 Å². The molecule has 1 unspecified atom stereocenters. The van der Waals surface area contributed by atoms with E-state index < -0.39 is 0 Å². The number of nitrogens with zero attached hydrogens (tertiary/aromatic N) is 5. The van der Waals surface area contributed by atoms with Gasteiger partial charge in [0.05, 0.1) is 12.2 Å². The van der Waals surface area contributed by atoms with E-state index in [2.05, 4.69) is 26.8 Å². The second-order valence-electron chi connectivity index (χ2n) is 8.66. The number of likely N-dealkylation sites (N-methyl/N-ethyl adjacent to an activating group) is 1. The SMILES string of the molecule is CN1CCCCC1CN1CCN(CCn2nc3c(cc2=O)CCCC3)CC1. The van der Waals surface area contributed by atoms with Crippen LogP contribution >= 0.6 is 0 Å². The summed E-state index contributed by atoms with van der Waals surface area (Å²) in [4.78, 5) is 20.0. The first-order chi connectivity index (χ1) is 13.2. The summed E-state index contributed by atoms with van der Waals surface area (Å²) in [6.45, 7) is 8.64.